The highest BCUT2D eigenvalue weighted by molar-refractivity contribution is 6.44. The van der Waals surface area contributed by atoms with Gasteiger partial charge in [-0.2, -0.15) is 10.4 Å². The van der Waals surface area contributed by atoms with Gasteiger partial charge in [0.1, 0.15) is 11.9 Å². The number of nitrogens with one attached hydrogen (secondary N) is 1. The second-order valence-corrected chi connectivity index (χ2v) is 2.53. The van der Waals surface area contributed by atoms with Crippen molar-refractivity contribution in [2.75, 3.05) is 5.43 Å². The zero-order chi connectivity index (χ0) is 11.3. The maximum Gasteiger partial charge on any atom is 0.280 e. The Labute approximate surface area is 85.0 Å². The van der Waals surface area contributed by atoms with Crippen LogP contribution < -0.4 is 11.2 Å². The van der Waals surface area contributed by atoms with E-state index in [1.807, 2.05) is 0 Å². The van der Waals surface area contributed by atoms with Gasteiger partial charge >= 0.3 is 0 Å². The summed E-state index contributed by atoms with van der Waals surface area (Å²) in [7, 11) is 0. The Morgan fingerprint density at radius 2 is 2.20 bits per heavy atom. The van der Waals surface area contributed by atoms with Crippen molar-refractivity contribution in [3.63, 3.8) is 0 Å². The molecule has 0 bridgehead atoms. The van der Waals surface area contributed by atoms with Gasteiger partial charge < -0.3 is 5.73 Å². The molecule has 1 rings (SSSR count). The molecule has 0 atom stereocenters. The predicted octanol–water partition coefficient (Wildman–Crippen LogP) is 0.602. The second-order valence-electron chi connectivity index (χ2n) is 2.53. The number of nitriles is 1. The van der Waals surface area contributed by atoms with Crippen LogP contribution in [0.3, 0.4) is 0 Å². The third-order valence-electron chi connectivity index (χ3n) is 1.50. The molecule has 76 valence electrons. The van der Waals surface area contributed by atoms with Gasteiger partial charge in [-0.25, -0.2) is 4.39 Å². The van der Waals surface area contributed by atoms with Gasteiger partial charge in [0.05, 0.1) is 5.69 Å². The number of primary amides is 1. The van der Waals surface area contributed by atoms with Crippen LogP contribution in [-0.4, -0.2) is 11.6 Å². The van der Waals surface area contributed by atoms with E-state index in [0.717, 1.165) is 0 Å². The van der Waals surface area contributed by atoms with Crippen LogP contribution in [0.1, 0.15) is 0 Å². The highest BCUT2D eigenvalue weighted by Gasteiger charge is 2.05. The van der Waals surface area contributed by atoms with E-state index in [9.17, 15) is 9.18 Å². The molecule has 1 amide bonds. The Kier molecular flexibility index (Phi) is 3.35. The predicted molar refractivity (Wildman–Crippen MR) is 52.3 cm³/mol. The average Bonchev–Trinajstić information content (AvgIpc) is 2.21. The summed E-state index contributed by atoms with van der Waals surface area (Å²) in [6.45, 7) is 0. The molecule has 0 saturated heterocycles. The fourth-order valence-corrected chi connectivity index (χ4v) is 0.803. The third-order valence-corrected chi connectivity index (χ3v) is 1.50. The lowest BCUT2D eigenvalue weighted by molar-refractivity contribution is -0.111. The van der Waals surface area contributed by atoms with E-state index in [-0.39, 0.29) is 5.69 Å². The number of para-hydroxylation sites is 1. The molecule has 0 aliphatic rings. The molecule has 0 heterocycles. The number of nitrogens with zero attached hydrogens (tertiary/aromatic N) is 2. The fraction of sp³-hybridized carbons (Fsp3) is 0. The van der Waals surface area contributed by atoms with E-state index in [2.05, 4.69) is 10.5 Å². The number of carbonyl (C=O) groups is 1. The van der Waals surface area contributed by atoms with Gasteiger partial charge in [-0.1, -0.05) is 12.1 Å². The van der Waals surface area contributed by atoms with Crippen LogP contribution in [0.2, 0.25) is 0 Å². The zero-order valence-corrected chi connectivity index (χ0v) is 7.57. The van der Waals surface area contributed by atoms with Crippen molar-refractivity contribution in [3.8, 4) is 6.07 Å². The number of amides is 1. The monoisotopic (exact) mass is 206 g/mol. The summed E-state index contributed by atoms with van der Waals surface area (Å²) in [5, 5.41) is 11.8. The lowest BCUT2D eigenvalue weighted by Crippen LogP contribution is -2.22. The normalized spacial score (nSPS) is 10.5. The molecular weight excluding hydrogens is 199 g/mol. The van der Waals surface area contributed by atoms with Gasteiger partial charge in [0.15, 0.2) is 0 Å². The lowest BCUT2D eigenvalue weighted by Gasteiger charge is -2.00. The first-order chi connectivity index (χ1) is 7.15. The number of carbonyl (C=O) groups excluding carboxylic acids is 1. The van der Waals surface area contributed by atoms with E-state index >= 15 is 0 Å². The summed E-state index contributed by atoms with van der Waals surface area (Å²) in [6, 6.07) is 7.19. The number of rotatable bonds is 3. The van der Waals surface area contributed by atoms with Crippen LogP contribution in [0.15, 0.2) is 29.4 Å². The van der Waals surface area contributed by atoms with Crippen LogP contribution in [0.25, 0.3) is 0 Å². The molecule has 0 aliphatic carbocycles. The average molecular weight is 206 g/mol. The first-order valence-corrected chi connectivity index (χ1v) is 3.93. The first-order valence-electron chi connectivity index (χ1n) is 3.93. The molecule has 0 radical (unpaired) electrons. The SMILES string of the molecule is N#C/C(=N/Nc1ccccc1F)C(N)=O. The molecule has 1 aromatic rings. The standard InChI is InChI=1S/C9H7FN4O/c10-6-3-1-2-4-7(6)13-14-8(5-11)9(12)15/h1-4,13H,(H2,12,15)/b14-8-. The molecule has 0 spiro atoms. The summed E-state index contributed by atoms with van der Waals surface area (Å²) in [6.07, 6.45) is 0. The zero-order valence-electron chi connectivity index (χ0n) is 7.57. The van der Waals surface area contributed by atoms with Crippen molar-refractivity contribution in [1.82, 2.24) is 0 Å². The molecule has 15 heavy (non-hydrogen) atoms. The molecule has 0 unspecified atom stereocenters. The van der Waals surface area contributed by atoms with Crippen molar-refractivity contribution < 1.29 is 9.18 Å². The van der Waals surface area contributed by atoms with Gasteiger partial charge in [0.25, 0.3) is 5.91 Å². The van der Waals surface area contributed by atoms with Crippen molar-refractivity contribution in [2.24, 2.45) is 10.8 Å². The van der Waals surface area contributed by atoms with Crippen LogP contribution in [0, 0.1) is 17.1 Å². The topological polar surface area (TPSA) is 91.3 Å². The number of hydrogen-bond acceptors (Lipinski definition) is 4. The van der Waals surface area contributed by atoms with Gasteiger partial charge in [-0.05, 0) is 12.1 Å². The molecule has 0 fully saturated rings. The van der Waals surface area contributed by atoms with Gasteiger partial charge in [0.2, 0.25) is 5.71 Å². The number of anilines is 1. The molecule has 3 N–H and O–H groups in total. The van der Waals surface area contributed by atoms with Crippen LogP contribution in [-0.2, 0) is 4.79 Å². The minimum Gasteiger partial charge on any atom is -0.364 e. The minimum atomic E-state index is -0.971. The fourth-order valence-electron chi connectivity index (χ4n) is 0.803. The number of hydrogen-bond donors (Lipinski definition) is 2. The van der Waals surface area contributed by atoms with Crippen LogP contribution in [0.5, 0.6) is 0 Å². The molecule has 6 heteroatoms. The lowest BCUT2D eigenvalue weighted by atomic mass is 10.3. The molecule has 5 nitrogen and oxygen atoms in total. The Morgan fingerprint density at radius 1 is 1.53 bits per heavy atom. The minimum absolute atomic E-state index is 0.0616. The molecular formula is C9H7FN4O. The third kappa shape index (κ3) is 2.77. The number of benzene rings is 1. The number of halogens is 1. The Bertz CT molecular complexity index is 450. The summed E-state index contributed by atoms with van der Waals surface area (Å²) in [5.41, 5.74) is 6.60. The van der Waals surface area contributed by atoms with E-state index in [1.54, 1.807) is 6.07 Å². The summed E-state index contributed by atoms with van der Waals surface area (Å²) < 4.78 is 13.0. The number of nitrogens with two attached hydrogens (primary N) is 1. The quantitative estimate of drug-likeness (QED) is 0.560. The largest absolute Gasteiger partial charge is 0.364 e. The molecule has 0 saturated carbocycles. The Hall–Kier alpha value is -2.42. The van der Waals surface area contributed by atoms with Crippen molar-refractivity contribution >= 4 is 17.3 Å². The van der Waals surface area contributed by atoms with Crippen molar-refractivity contribution in [1.29, 1.82) is 5.26 Å². The first kappa shape index (κ1) is 10.7. The van der Waals surface area contributed by atoms with Crippen molar-refractivity contribution in [2.45, 2.75) is 0 Å². The van der Waals surface area contributed by atoms with Crippen LogP contribution in [0.4, 0.5) is 10.1 Å². The maximum absolute atomic E-state index is 13.0. The maximum atomic E-state index is 13.0. The highest BCUT2D eigenvalue weighted by Crippen LogP contribution is 2.11. The van der Waals surface area contributed by atoms with Gasteiger partial charge in [0, 0.05) is 0 Å². The molecule has 1 aromatic carbocycles. The summed E-state index contributed by atoms with van der Waals surface area (Å²) in [4.78, 5) is 10.6. The smallest absolute Gasteiger partial charge is 0.280 e. The Morgan fingerprint density at radius 3 is 2.73 bits per heavy atom. The van der Waals surface area contributed by atoms with E-state index < -0.39 is 17.4 Å². The Balaban J connectivity index is 2.85. The van der Waals surface area contributed by atoms with E-state index in [0.29, 0.717) is 0 Å². The van der Waals surface area contributed by atoms with Gasteiger partial charge in [-0.15, -0.1) is 0 Å². The number of hydrazone groups is 1. The highest BCUT2D eigenvalue weighted by atomic mass is 19.1. The van der Waals surface area contributed by atoms with E-state index in [1.165, 1.54) is 24.3 Å². The summed E-state index contributed by atoms with van der Waals surface area (Å²) in [5.74, 6) is -1.51. The summed E-state index contributed by atoms with van der Waals surface area (Å²) >= 11 is 0. The van der Waals surface area contributed by atoms with Crippen molar-refractivity contribution in [3.05, 3.63) is 30.1 Å². The van der Waals surface area contributed by atoms with Gasteiger partial charge in [-0.3, -0.25) is 10.2 Å². The van der Waals surface area contributed by atoms with E-state index in [4.69, 9.17) is 11.0 Å². The second kappa shape index (κ2) is 4.72. The van der Waals surface area contributed by atoms with Crippen LogP contribution >= 0.6 is 0 Å². The molecule has 0 aliphatic heterocycles. The molecule has 0 aromatic heterocycles.